The maximum atomic E-state index is 13.6. The highest BCUT2D eigenvalue weighted by Gasteiger charge is 2.06. The number of halogens is 2. The lowest BCUT2D eigenvalue weighted by Crippen LogP contribution is -1.89. The summed E-state index contributed by atoms with van der Waals surface area (Å²) in [5.41, 5.74) is 8.15. The van der Waals surface area contributed by atoms with Crippen LogP contribution in [0.25, 0.3) is 11.1 Å². The van der Waals surface area contributed by atoms with E-state index in [2.05, 4.69) is 0 Å². The molecule has 0 saturated carbocycles. The lowest BCUT2D eigenvalue weighted by molar-refractivity contribution is 0.632. The van der Waals surface area contributed by atoms with Crippen LogP contribution in [-0.2, 0) is 0 Å². The molecule has 0 atom stereocenters. The average molecular weight is 236 g/mol. The van der Waals surface area contributed by atoms with E-state index in [0.717, 1.165) is 11.1 Å². The highest BCUT2D eigenvalue weighted by molar-refractivity contribution is 6.31. The summed E-state index contributed by atoms with van der Waals surface area (Å²) in [7, 11) is 0. The number of hydrogen-bond donors (Lipinski definition) is 1. The summed E-state index contributed by atoms with van der Waals surface area (Å²) in [4.78, 5) is 0. The first-order valence-corrected chi connectivity index (χ1v) is 5.27. The van der Waals surface area contributed by atoms with E-state index in [4.69, 9.17) is 17.3 Å². The topological polar surface area (TPSA) is 26.0 Å². The van der Waals surface area contributed by atoms with Gasteiger partial charge in [-0.3, -0.25) is 0 Å². The first-order chi connectivity index (χ1) is 7.58. The molecule has 0 aliphatic rings. The molecule has 2 aromatic rings. The van der Waals surface area contributed by atoms with Gasteiger partial charge in [-0.05, 0) is 42.3 Å². The third-order valence-corrected chi connectivity index (χ3v) is 2.88. The zero-order valence-corrected chi connectivity index (χ0v) is 9.55. The molecule has 2 aromatic carbocycles. The van der Waals surface area contributed by atoms with Crippen LogP contribution in [0.15, 0.2) is 36.4 Å². The molecule has 16 heavy (non-hydrogen) atoms. The van der Waals surface area contributed by atoms with Crippen molar-refractivity contribution in [1.82, 2.24) is 0 Å². The van der Waals surface area contributed by atoms with Crippen molar-refractivity contribution in [1.29, 1.82) is 0 Å². The van der Waals surface area contributed by atoms with Gasteiger partial charge in [0.2, 0.25) is 0 Å². The SMILES string of the molecule is Cc1ccc(-c2ccc(N)cc2F)cc1Cl. The molecule has 0 aliphatic heterocycles. The van der Waals surface area contributed by atoms with Gasteiger partial charge < -0.3 is 5.73 Å². The minimum absolute atomic E-state index is 0.333. The molecular weight excluding hydrogens is 225 g/mol. The number of hydrogen-bond acceptors (Lipinski definition) is 1. The minimum Gasteiger partial charge on any atom is -0.399 e. The Morgan fingerprint density at radius 3 is 2.50 bits per heavy atom. The van der Waals surface area contributed by atoms with Gasteiger partial charge in [-0.1, -0.05) is 23.7 Å². The number of aryl methyl sites for hydroxylation is 1. The van der Waals surface area contributed by atoms with Crippen LogP contribution in [-0.4, -0.2) is 0 Å². The molecule has 0 aliphatic carbocycles. The quantitative estimate of drug-likeness (QED) is 0.742. The molecule has 0 amide bonds. The maximum absolute atomic E-state index is 13.6. The summed E-state index contributed by atoms with van der Waals surface area (Å²) in [6.45, 7) is 1.91. The van der Waals surface area contributed by atoms with Crippen LogP contribution < -0.4 is 5.73 Å². The van der Waals surface area contributed by atoms with Crippen molar-refractivity contribution in [2.24, 2.45) is 0 Å². The van der Waals surface area contributed by atoms with Crippen LogP contribution >= 0.6 is 11.6 Å². The van der Waals surface area contributed by atoms with E-state index in [0.29, 0.717) is 16.3 Å². The lowest BCUT2D eigenvalue weighted by atomic mass is 10.0. The van der Waals surface area contributed by atoms with Crippen molar-refractivity contribution in [2.45, 2.75) is 6.92 Å². The Bertz CT molecular complexity index is 537. The molecule has 0 fully saturated rings. The van der Waals surface area contributed by atoms with Gasteiger partial charge in [-0.25, -0.2) is 4.39 Å². The van der Waals surface area contributed by atoms with Crippen LogP contribution in [0.1, 0.15) is 5.56 Å². The fourth-order valence-electron chi connectivity index (χ4n) is 1.53. The van der Waals surface area contributed by atoms with Crippen molar-refractivity contribution in [3.63, 3.8) is 0 Å². The Balaban J connectivity index is 2.54. The summed E-state index contributed by atoms with van der Waals surface area (Å²) in [5, 5.41) is 0.633. The second kappa shape index (κ2) is 4.14. The Morgan fingerprint density at radius 1 is 1.12 bits per heavy atom. The van der Waals surface area contributed by atoms with Gasteiger partial charge in [0.15, 0.2) is 0 Å². The summed E-state index contributed by atoms with van der Waals surface area (Å²) >= 11 is 6.00. The van der Waals surface area contributed by atoms with Crippen molar-refractivity contribution in [3.05, 3.63) is 52.8 Å². The Morgan fingerprint density at radius 2 is 1.88 bits per heavy atom. The van der Waals surface area contributed by atoms with Gasteiger partial charge in [-0.15, -0.1) is 0 Å². The van der Waals surface area contributed by atoms with Gasteiger partial charge in [-0.2, -0.15) is 0 Å². The van der Waals surface area contributed by atoms with Gasteiger partial charge >= 0.3 is 0 Å². The van der Waals surface area contributed by atoms with E-state index in [9.17, 15) is 4.39 Å². The molecule has 1 nitrogen and oxygen atoms in total. The molecule has 2 rings (SSSR count). The lowest BCUT2D eigenvalue weighted by Gasteiger charge is -2.06. The summed E-state index contributed by atoms with van der Waals surface area (Å²) < 4.78 is 13.6. The van der Waals surface area contributed by atoms with Crippen molar-refractivity contribution < 1.29 is 4.39 Å². The summed E-state index contributed by atoms with van der Waals surface area (Å²) in [5.74, 6) is -0.333. The van der Waals surface area contributed by atoms with E-state index >= 15 is 0 Å². The molecule has 0 unspecified atom stereocenters. The molecule has 0 spiro atoms. The molecule has 0 saturated heterocycles. The van der Waals surface area contributed by atoms with E-state index in [1.54, 1.807) is 18.2 Å². The van der Waals surface area contributed by atoms with Crippen LogP contribution in [0.2, 0.25) is 5.02 Å². The smallest absolute Gasteiger partial charge is 0.133 e. The fraction of sp³-hybridized carbons (Fsp3) is 0.0769. The molecule has 3 heteroatoms. The number of nitrogens with two attached hydrogens (primary N) is 1. The first kappa shape index (κ1) is 11.0. The fourth-order valence-corrected chi connectivity index (χ4v) is 1.71. The zero-order valence-electron chi connectivity index (χ0n) is 8.80. The average Bonchev–Trinajstić information content (AvgIpc) is 2.22. The van der Waals surface area contributed by atoms with Gasteiger partial charge in [0.1, 0.15) is 5.82 Å². The number of benzene rings is 2. The predicted octanol–water partition coefficient (Wildman–Crippen LogP) is 4.04. The first-order valence-electron chi connectivity index (χ1n) is 4.89. The third-order valence-electron chi connectivity index (χ3n) is 2.48. The molecule has 0 radical (unpaired) electrons. The van der Waals surface area contributed by atoms with Gasteiger partial charge in [0.05, 0.1) is 0 Å². The second-order valence-electron chi connectivity index (χ2n) is 3.70. The Hall–Kier alpha value is -1.54. The van der Waals surface area contributed by atoms with Crippen LogP contribution in [0.4, 0.5) is 10.1 Å². The Labute approximate surface area is 98.7 Å². The molecule has 2 N–H and O–H groups in total. The van der Waals surface area contributed by atoms with E-state index in [1.165, 1.54) is 6.07 Å². The standard InChI is InChI=1S/C13H11ClFN/c1-8-2-3-9(6-12(8)14)11-5-4-10(16)7-13(11)15/h2-7H,16H2,1H3. The monoisotopic (exact) mass is 235 g/mol. The van der Waals surface area contributed by atoms with E-state index < -0.39 is 0 Å². The largest absolute Gasteiger partial charge is 0.399 e. The van der Waals surface area contributed by atoms with E-state index in [-0.39, 0.29) is 5.82 Å². The maximum Gasteiger partial charge on any atom is 0.133 e. The molecule has 82 valence electrons. The third kappa shape index (κ3) is 2.02. The number of nitrogen functional groups attached to an aromatic ring is 1. The van der Waals surface area contributed by atoms with Crippen molar-refractivity contribution in [2.75, 3.05) is 5.73 Å². The van der Waals surface area contributed by atoms with Crippen LogP contribution in [0, 0.1) is 12.7 Å². The van der Waals surface area contributed by atoms with Crippen molar-refractivity contribution in [3.8, 4) is 11.1 Å². The summed E-state index contributed by atoms with van der Waals surface area (Å²) in [6, 6.07) is 10.1. The van der Waals surface area contributed by atoms with Crippen molar-refractivity contribution >= 4 is 17.3 Å². The van der Waals surface area contributed by atoms with Crippen LogP contribution in [0.3, 0.4) is 0 Å². The van der Waals surface area contributed by atoms with Crippen LogP contribution in [0.5, 0.6) is 0 Å². The highest BCUT2D eigenvalue weighted by Crippen LogP contribution is 2.28. The number of anilines is 1. The zero-order chi connectivity index (χ0) is 11.7. The summed E-state index contributed by atoms with van der Waals surface area (Å²) in [6.07, 6.45) is 0. The molecular formula is C13H11ClFN. The molecule has 0 heterocycles. The minimum atomic E-state index is -0.333. The highest BCUT2D eigenvalue weighted by atomic mass is 35.5. The van der Waals surface area contributed by atoms with Gasteiger partial charge in [0, 0.05) is 16.3 Å². The number of rotatable bonds is 1. The predicted molar refractivity (Wildman–Crippen MR) is 66.0 cm³/mol. The molecule has 0 bridgehead atoms. The Kier molecular flexibility index (Phi) is 2.84. The molecule has 0 aromatic heterocycles. The van der Waals surface area contributed by atoms with E-state index in [1.807, 2.05) is 19.1 Å². The normalized spacial score (nSPS) is 10.4. The van der Waals surface area contributed by atoms with Gasteiger partial charge in [0.25, 0.3) is 0 Å². The second-order valence-corrected chi connectivity index (χ2v) is 4.11.